The van der Waals surface area contributed by atoms with E-state index in [1.807, 2.05) is 0 Å². The summed E-state index contributed by atoms with van der Waals surface area (Å²) in [5.41, 5.74) is 3.40. The van der Waals surface area contributed by atoms with E-state index >= 15 is 0 Å². The zero-order valence-electron chi connectivity index (χ0n) is 21.9. The molecule has 0 unspecified atom stereocenters. The minimum atomic E-state index is -0.561. The molecule has 0 aliphatic carbocycles. The van der Waals surface area contributed by atoms with Crippen LogP contribution in [0.25, 0.3) is 0 Å². The number of hydrazone groups is 1. The molecule has 7 heteroatoms. The summed E-state index contributed by atoms with van der Waals surface area (Å²) in [5.74, 6) is -0.361. The van der Waals surface area contributed by atoms with E-state index < -0.39 is 5.97 Å². The van der Waals surface area contributed by atoms with Crippen LogP contribution in [-0.2, 0) is 4.79 Å². The number of unbranched alkanes of at least 4 members (excludes halogenated alkanes) is 12. The van der Waals surface area contributed by atoms with Crippen LogP contribution >= 0.6 is 27.5 Å². The molecule has 0 fully saturated rings. The highest BCUT2D eigenvalue weighted by atomic mass is 79.9. The topological polar surface area (TPSA) is 67.8 Å². The Morgan fingerprint density at radius 3 is 2.11 bits per heavy atom. The van der Waals surface area contributed by atoms with Crippen molar-refractivity contribution in [1.29, 1.82) is 0 Å². The third kappa shape index (κ3) is 13.3. The van der Waals surface area contributed by atoms with Crippen molar-refractivity contribution in [1.82, 2.24) is 5.43 Å². The fraction of sp³-hybridized carbons (Fsp3) is 0.500. The number of rotatable bonds is 18. The molecule has 1 amide bonds. The highest BCUT2D eigenvalue weighted by Gasteiger charge is 2.14. The maximum absolute atomic E-state index is 12.5. The van der Waals surface area contributed by atoms with E-state index in [9.17, 15) is 9.59 Å². The minimum absolute atomic E-state index is 0.121. The Morgan fingerprint density at radius 2 is 1.49 bits per heavy atom. The smallest absolute Gasteiger partial charge is 0.345 e. The first-order valence-electron chi connectivity index (χ1n) is 13.6. The third-order valence-corrected chi connectivity index (χ3v) is 6.99. The lowest BCUT2D eigenvalue weighted by molar-refractivity contribution is -0.121. The van der Waals surface area contributed by atoms with Crippen LogP contribution in [-0.4, -0.2) is 18.1 Å². The monoisotopic (exact) mass is 590 g/mol. The van der Waals surface area contributed by atoms with Gasteiger partial charge in [-0.2, -0.15) is 5.10 Å². The average Bonchev–Trinajstić information content (AvgIpc) is 2.88. The average molecular weight is 592 g/mol. The molecule has 0 saturated heterocycles. The standard InChI is InChI=1S/C30H40BrClN2O3/c1-2-3-4-5-6-7-8-9-10-11-12-13-14-19-29(35)34-33-23-24-22-25(31)20-21-28(24)37-30(36)26-17-15-16-18-27(26)32/h15-18,20-23H,2-14,19H2,1H3,(H,34,35)/b33-23-. The molecular weight excluding hydrogens is 552 g/mol. The number of carbonyl (C=O) groups excluding carboxylic acids is 2. The SMILES string of the molecule is CCCCCCCCCCCCCCCC(=O)N/N=C\c1cc(Br)ccc1OC(=O)c1ccccc1Cl. The molecule has 0 aliphatic rings. The van der Waals surface area contributed by atoms with Crippen LogP contribution in [0.4, 0.5) is 0 Å². The molecule has 1 N–H and O–H groups in total. The van der Waals surface area contributed by atoms with Crippen molar-refractivity contribution in [2.24, 2.45) is 5.10 Å². The maximum atomic E-state index is 12.5. The number of carbonyl (C=O) groups is 2. The fourth-order valence-corrected chi connectivity index (χ4v) is 4.62. The van der Waals surface area contributed by atoms with Crippen LogP contribution in [0.5, 0.6) is 5.75 Å². The van der Waals surface area contributed by atoms with Gasteiger partial charge in [-0.25, -0.2) is 10.2 Å². The Bertz CT molecular complexity index is 997. The number of benzene rings is 2. The quantitative estimate of drug-likeness (QED) is 0.0617. The van der Waals surface area contributed by atoms with Gasteiger partial charge in [0.05, 0.1) is 16.8 Å². The largest absolute Gasteiger partial charge is 0.422 e. The van der Waals surface area contributed by atoms with Gasteiger partial charge in [0.1, 0.15) is 5.75 Å². The van der Waals surface area contributed by atoms with Gasteiger partial charge < -0.3 is 4.74 Å². The fourth-order valence-electron chi connectivity index (χ4n) is 4.03. The van der Waals surface area contributed by atoms with Gasteiger partial charge >= 0.3 is 5.97 Å². The van der Waals surface area contributed by atoms with E-state index in [0.717, 1.165) is 17.3 Å². The van der Waals surface area contributed by atoms with Crippen molar-refractivity contribution >= 4 is 45.6 Å². The van der Waals surface area contributed by atoms with Gasteiger partial charge in [-0.3, -0.25) is 4.79 Å². The summed E-state index contributed by atoms with van der Waals surface area (Å²) in [6.07, 6.45) is 18.4. The van der Waals surface area contributed by atoms with Gasteiger partial charge in [0.15, 0.2) is 0 Å². The molecule has 0 bridgehead atoms. The molecule has 37 heavy (non-hydrogen) atoms. The second-order valence-electron chi connectivity index (χ2n) is 9.34. The summed E-state index contributed by atoms with van der Waals surface area (Å²) < 4.78 is 6.33. The highest BCUT2D eigenvalue weighted by Crippen LogP contribution is 2.24. The lowest BCUT2D eigenvalue weighted by atomic mass is 10.0. The van der Waals surface area contributed by atoms with Crippen LogP contribution < -0.4 is 10.2 Å². The number of nitrogens with one attached hydrogen (secondary N) is 1. The Morgan fingerprint density at radius 1 is 0.892 bits per heavy atom. The highest BCUT2D eigenvalue weighted by molar-refractivity contribution is 9.10. The number of ether oxygens (including phenoxy) is 1. The lowest BCUT2D eigenvalue weighted by Gasteiger charge is -2.09. The Kier molecular flexibility index (Phi) is 15.9. The Hall–Kier alpha value is -2.18. The molecule has 0 spiro atoms. The van der Waals surface area contributed by atoms with Gasteiger partial charge in [-0.15, -0.1) is 0 Å². The van der Waals surface area contributed by atoms with Crippen molar-refractivity contribution in [2.45, 2.75) is 96.8 Å². The van der Waals surface area contributed by atoms with Crippen LogP contribution in [0.1, 0.15) is 113 Å². The summed E-state index contributed by atoms with van der Waals surface area (Å²) in [7, 11) is 0. The zero-order chi connectivity index (χ0) is 26.7. The molecule has 0 aliphatic heterocycles. The zero-order valence-corrected chi connectivity index (χ0v) is 24.3. The van der Waals surface area contributed by atoms with Crippen molar-refractivity contribution in [3.8, 4) is 5.75 Å². The molecule has 0 atom stereocenters. The number of amides is 1. The van der Waals surface area contributed by atoms with E-state index in [1.165, 1.54) is 76.8 Å². The predicted octanol–water partition coefficient (Wildman–Crippen LogP) is 9.25. The molecule has 5 nitrogen and oxygen atoms in total. The first-order chi connectivity index (χ1) is 18.0. The van der Waals surface area contributed by atoms with Crippen LogP contribution in [0.15, 0.2) is 52.0 Å². The first kappa shape index (κ1) is 31.0. The molecule has 0 heterocycles. The Labute approximate surface area is 235 Å². The van der Waals surface area contributed by atoms with Crippen molar-refractivity contribution in [3.63, 3.8) is 0 Å². The second-order valence-corrected chi connectivity index (χ2v) is 10.7. The molecule has 202 valence electrons. The number of hydrogen-bond donors (Lipinski definition) is 1. The van der Waals surface area contributed by atoms with Gasteiger partial charge in [-0.05, 0) is 36.8 Å². The van der Waals surface area contributed by atoms with E-state index in [2.05, 4.69) is 33.4 Å². The van der Waals surface area contributed by atoms with Gasteiger partial charge in [0.2, 0.25) is 5.91 Å². The molecule has 2 rings (SSSR count). The molecular formula is C30H40BrClN2O3. The van der Waals surface area contributed by atoms with Crippen LogP contribution in [0.2, 0.25) is 5.02 Å². The van der Waals surface area contributed by atoms with Gasteiger partial charge in [0, 0.05) is 16.5 Å². The molecule has 0 saturated carbocycles. The van der Waals surface area contributed by atoms with Crippen LogP contribution in [0, 0.1) is 0 Å². The number of nitrogens with zero attached hydrogens (tertiary/aromatic N) is 1. The van der Waals surface area contributed by atoms with Crippen molar-refractivity contribution in [3.05, 3.63) is 63.1 Å². The molecule has 2 aromatic rings. The van der Waals surface area contributed by atoms with Gasteiger partial charge in [0.25, 0.3) is 0 Å². The Balaban J connectivity index is 1.64. The number of halogens is 2. The summed E-state index contributed by atoms with van der Waals surface area (Å²) in [6.45, 7) is 2.26. The summed E-state index contributed by atoms with van der Waals surface area (Å²) in [5, 5.41) is 4.38. The molecule has 2 aromatic carbocycles. The predicted molar refractivity (Wildman–Crippen MR) is 157 cm³/mol. The maximum Gasteiger partial charge on any atom is 0.345 e. The second kappa shape index (κ2) is 19.0. The normalized spacial score (nSPS) is 11.1. The van der Waals surface area contributed by atoms with E-state index in [4.69, 9.17) is 16.3 Å². The molecule has 0 aromatic heterocycles. The molecule has 0 radical (unpaired) electrons. The number of esters is 1. The van der Waals surface area contributed by atoms with E-state index in [1.54, 1.807) is 42.5 Å². The number of hydrogen-bond acceptors (Lipinski definition) is 4. The summed E-state index contributed by atoms with van der Waals surface area (Å²) in [4.78, 5) is 24.7. The van der Waals surface area contributed by atoms with Crippen molar-refractivity contribution < 1.29 is 14.3 Å². The van der Waals surface area contributed by atoms with Crippen molar-refractivity contribution in [2.75, 3.05) is 0 Å². The lowest BCUT2D eigenvalue weighted by Crippen LogP contribution is -2.17. The first-order valence-corrected chi connectivity index (χ1v) is 14.8. The van der Waals surface area contributed by atoms with E-state index in [0.29, 0.717) is 22.8 Å². The summed E-state index contributed by atoms with van der Waals surface area (Å²) in [6, 6.07) is 11.9. The third-order valence-electron chi connectivity index (χ3n) is 6.17. The summed E-state index contributed by atoms with van der Waals surface area (Å²) >= 11 is 9.51. The minimum Gasteiger partial charge on any atom is -0.422 e. The van der Waals surface area contributed by atoms with Crippen LogP contribution in [0.3, 0.4) is 0 Å². The van der Waals surface area contributed by atoms with Gasteiger partial charge in [-0.1, -0.05) is 124 Å². The van der Waals surface area contributed by atoms with E-state index in [-0.39, 0.29) is 11.5 Å².